The predicted molar refractivity (Wildman–Crippen MR) is 115 cm³/mol. The highest BCUT2D eigenvalue weighted by molar-refractivity contribution is 7.80. The van der Waals surface area contributed by atoms with Gasteiger partial charge in [0.15, 0.2) is 5.11 Å². The Morgan fingerprint density at radius 2 is 1.70 bits per heavy atom. The second-order valence-electron chi connectivity index (χ2n) is 6.41. The lowest BCUT2D eigenvalue weighted by Gasteiger charge is -2.37. The summed E-state index contributed by atoms with van der Waals surface area (Å²) in [6.07, 6.45) is 0. The first-order valence-corrected chi connectivity index (χ1v) is 9.59. The highest BCUT2D eigenvalue weighted by Gasteiger charge is 2.27. The van der Waals surface area contributed by atoms with Gasteiger partial charge in [-0.05, 0) is 24.4 Å². The van der Waals surface area contributed by atoms with Crippen molar-refractivity contribution in [3.05, 3.63) is 73.3 Å². The summed E-state index contributed by atoms with van der Waals surface area (Å²) in [5.74, 6) is -0.548. The molecule has 0 atom stereocenters. The topological polar surface area (TPSA) is 122 Å². The molecule has 1 aliphatic heterocycles. The van der Waals surface area contributed by atoms with Crippen molar-refractivity contribution >= 4 is 51.9 Å². The van der Waals surface area contributed by atoms with Crippen LogP contribution in [0.1, 0.15) is 10.4 Å². The molecule has 1 saturated heterocycles. The van der Waals surface area contributed by atoms with Crippen LogP contribution in [-0.4, -0.2) is 51.9 Å². The van der Waals surface area contributed by atoms with Crippen LogP contribution in [0.25, 0.3) is 0 Å². The first-order chi connectivity index (χ1) is 14.3. The number of piperazine rings is 1. The lowest BCUT2D eigenvalue weighted by Crippen LogP contribution is -2.52. The molecular weight excluding hydrogens is 434 g/mol. The number of amides is 1. The van der Waals surface area contributed by atoms with Crippen molar-refractivity contribution in [1.82, 2.24) is 10.2 Å². The summed E-state index contributed by atoms with van der Waals surface area (Å²) in [5.41, 5.74) is 0.216. The molecule has 30 heavy (non-hydrogen) atoms. The van der Waals surface area contributed by atoms with Gasteiger partial charge in [-0.3, -0.25) is 30.3 Å². The molecule has 0 saturated carbocycles. The average Bonchev–Trinajstić information content (AvgIpc) is 2.73. The Labute approximate surface area is 181 Å². The number of thiocarbonyl (C=S) groups is 1. The molecular formula is C18H16ClN5O5S. The van der Waals surface area contributed by atoms with E-state index in [4.69, 9.17) is 23.8 Å². The Kier molecular flexibility index (Phi) is 6.43. The van der Waals surface area contributed by atoms with E-state index in [1.54, 1.807) is 11.0 Å². The molecule has 1 fully saturated rings. The third-order valence-electron chi connectivity index (χ3n) is 4.58. The average molecular weight is 450 g/mol. The number of hydrogen-bond donors (Lipinski definition) is 1. The normalized spacial score (nSPS) is 13.6. The standard InChI is InChI=1S/C18H16ClN5O5S/c19-14-5-2-6-15(24(28)29)16(14)21-7-9-22(10-8-21)18(30)20-17(25)12-3-1-4-13(11-12)23(26)27/h1-6,11H,7-10H2,(H,20,25,30). The Morgan fingerprint density at radius 3 is 2.33 bits per heavy atom. The highest BCUT2D eigenvalue weighted by atomic mass is 35.5. The van der Waals surface area contributed by atoms with Crippen molar-refractivity contribution in [3.8, 4) is 0 Å². The molecule has 2 aromatic carbocycles. The summed E-state index contributed by atoms with van der Waals surface area (Å²) in [7, 11) is 0. The minimum Gasteiger partial charge on any atom is -0.361 e. The number of nitrogens with zero attached hydrogens (tertiary/aromatic N) is 4. The number of hydrogen-bond acceptors (Lipinski definition) is 7. The third kappa shape index (κ3) is 4.63. The molecule has 0 aliphatic carbocycles. The molecule has 0 aromatic heterocycles. The molecule has 12 heteroatoms. The quantitative estimate of drug-likeness (QED) is 0.429. The second-order valence-corrected chi connectivity index (χ2v) is 7.20. The van der Waals surface area contributed by atoms with Crippen LogP contribution in [0, 0.1) is 20.2 Å². The van der Waals surface area contributed by atoms with Crippen LogP contribution in [0.2, 0.25) is 5.02 Å². The molecule has 156 valence electrons. The fourth-order valence-corrected chi connectivity index (χ4v) is 3.67. The van der Waals surface area contributed by atoms with Crippen molar-refractivity contribution < 1.29 is 14.6 Å². The number of carbonyl (C=O) groups excluding carboxylic acids is 1. The lowest BCUT2D eigenvalue weighted by molar-refractivity contribution is -0.384. The van der Waals surface area contributed by atoms with Crippen molar-refractivity contribution in [2.45, 2.75) is 0 Å². The van der Waals surface area contributed by atoms with Gasteiger partial charge in [-0.2, -0.15) is 0 Å². The Hall–Kier alpha value is -3.31. The van der Waals surface area contributed by atoms with Crippen LogP contribution in [0.5, 0.6) is 0 Å². The zero-order valence-electron chi connectivity index (χ0n) is 15.5. The third-order valence-corrected chi connectivity index (χ3v) is 5.25. The van der Waals surface area contributed by atoms with E-state index in [2.05, 4.69) is 5.32 Å². The van der Waals surface area contributed by atoms with Crippen LogP contribution in [0.4, 0.5) is 17.1 Å². The maximum Gasteiger partial charge on any atom is 0.294 e. The van der Waals surface area contributed by atoms with E-state index in [9.17, 15) is 25.0 Å². The number of nitrogens with one attached hydrogen (secondary N) is 1. The number of benzene rings is 2. The van der Waals surface area contributed by atoms with Gasteiger partial charge < -0.3 is 9.80 Å². The predicted octanol–water partition coefficient (Wildman–Crippen LogP) is 2.99. The first-order valence-electron chi connectivity index (χ1n) is 8.80. The zero-order chi connectivity index (χ0) is 21.8. The van der Waals surface area contributed by atoms with E-state index in [1.165, 1.54) is 36.4 Å². The van der Waals surface area contributed by atoms with Gasteiger partial charge in [-0.1, -0.05) is 23.7 Å². The molecule has 1 amide bonds. The SMILES string of the molecule is O=C(NC(=S)N1CCN(c2c(Cl)cccc2[N+](=O)[O-])CC1)c1cccc([N+](=O)[O-])c1. The molecule has 3 rings (SSSR count). The Morgan fingerprint density at radius 1 is 1.03 bits per heavy atom. The molecule has 0 bridgehead atoms. The van der Waals surface area contributed by atoms with E-state index < -0.39 is 15.8 Å². The largest absolute Gasteiger partial charge is 0.361 e. The summed E-state index contributed by atoms with van der Waals surface area (Å²) < 4.78 is 0. The number of halogens is 1. The van der Waals surface area contributed by atoms with Crippen LogP contribution in [-0.2, 0) is 0 Å². The Balaban J connectivity index is 1.64. The minimum absolute atomic E-state index is 0.0718. The van der Waals surface area contributed by atoms with Gasteiger partial charge >= 0.3 is 0 Å². The zero-order valence-corrected chi connectivity index (χ0v) is 17.1. The first kappa shape index (κ1) is 21.4. The lowest BCUT2D eigenvalue weighted by atomic mass is 10.2. The second kappa shape index (κ2) is 9.01. The number of rotatable bonds is 4. The van der Waals surface area contributed by atoms with E-state index in [0.717, 1.165) is 0 Å². The molecule has 0 spiro atoms. The van der Waals surface area contributed by atoms with Crippen molar-refractivity contribution in [2.75, 3.05) is 31.1 Å². The van der Waals surface area contributed by atoms with E-state index in [0.29, 0.717) is 36.9 Å². The maximum absolute atomic E-state index is 12.4. The summed E-state index contributed by atoms with van der Waals surface area (Å²) >= 11 is 11.5. The van der Waals surface area contributed by atoms with Crippen molar-refractivity contribution in [2.24, 2.45) is 0 Å². The number of non-ortho nitro benzene ring substituents is 1. The molecule has 2 aromatic rings. The summed E-state index contributed by atoms with van der Waals surface area (Å²) in [4.78, 5) is 37.1. The number of nitro groups is 2. The molecule has 0 unspecified atom stereocenters. The maximum atomic E-state index is 12.4. The van der Waals surface area contributed by atoms with Gasteiger partial charge in [0.25, 0.3) is 17.3 Å². The molecule has 1 aliphatic rings. The van der Waals surface area contributed by atoms with Gasteiger partial charge in [-0.25, -0.2) is 0 Å². The van der Waals surface area contributed by atoms with Gasteiger partial charge in [0.1, 0.15) is 5.69 Å². The van der Waals surface area contributed by atoms with Crippen LogP contribution >= 0.6 is 23.8 Å². The fraction of sp³-hybridized carbons (Fsp3) is 0.222. The van der Waals surface area contributed by atoms with E-state index in [1.807, 2.05) is 4.90 Å². The molecule has 1 heterocycles. The Bertz CT molecular complexity index is 1030. The molecule has 0 radical (unpaired) electrons. The highest BCUT2D eigenvalue weighted by Crippen LogP contribution is 2.35. The van der Waals surface area contributed by atoms with E-state index >= 15 is 0 Å². The number of anilines is 1. The number of carbonyl (C=O) groups is 1. The van der Waals surface area contributed by atoms with Crippen molar-refractivity contribution in [3.63, 3.8) is 0 Å². The van der Waals surface area contributed by atoms with Crippen LogP contribution in [0.3, 0.4) is 0 Å². The van der Waals surface area contributed by atoms with Gasteiger partial charge in [-0.15, -0.1) is 0 Å². The van der Waals surface area contributed by atoms with E-state index in [-0.39, 0.29) is 22.1 Å². The smallest absolute Gasteiger partial charge is 0.294 e. The fourth-order valence-electron chi connectivity index (χ4n) is 3.11. The van der Waals surface area contributed by atoms with Crippen molar-refractivity contribution in [1.29, 1.82) is 0 Å². The van der Waals surface area contributed by atoms with Gasteiger partial charge in [0.05, 0.1) is 14.9 Å². The van der Waals surface area contributed by atoms with Crippen LogP contribution in [0.15, 0.2) is 42.5 Å². The molecule has 10 nitrogen and oxygen atoms in total. The summed E-state index contributed by atoms with van der Waals surface area (Å²) in [6, 6.07) is 9.87. The summed E-state index contributed by atoms with van der Waals surface area (Å²) in [5, 5.41) is 25.2. The van der Waals surface area contributed by atoms with Crippen LogP contribution < -0.4 is 10.2 Å². The van der Waals surface area contributed by atoms with Gasteiger partial charge in [0.2, 0.25) is 0 Å². The van der Waals surface area contributed by atoms with Gasteiger partial charge in [0, 0.05) is 49.9 Å². The minimum atomic E-state index is -0.581. The summed E-state index contributed by atoms with van der Waals surface area (Å²) in [6.45, 7) is 1.65. The number of nitro benzene ring substituents is 2. The monoisotopic (exact) mass is 449 g/mol. The number of para-hydroxylation sites is 1. The molecule has 1 N–H and O–H groups in total.